The summed E-state index contributed by atoms with van der Waals surface area (Å²) in [6.07, 6.45) is 0. The molecule has 0 saturated heterocycles. The Morgan fingerprint density at radius 1 is 1.05 bits per heavy atom. The molecule has 0 aromatic heterocycles. The quantitative estimate of drug-likeness (QED) is 0.912. The number of nitrogens with one attached hydrogen (secondary N) is 1. The maximum atomic E-state index is 13.7. The van der Waals surface area contributed by atoms with Crippen LogP contribution in [0.1, 0.15) is 18.5 Å². The van der Waals surface area contributed by atoms with E-state index in [1.54, 1.807) is 0 Å². The lowest BCUT2D eigenvalue weighted by molar-refractivity contribution is 0.532. The first-order valence-corrected chi connectivity index (χ1v) is 7.99. The van der Waals surface area contributed by atoms with Crippen molar-refractivity contribution in [3.63, 3.8) is 0 Å². The van der Waals surface area contributed by atoms with Crippen molar-refractivity contribution >= 4 is 21.6 Å². The van der Waals surface area contributed by atoms with Gasteiger partial charge >= 0.3 is 0 Å². The summed E-state index contributed by atoms with van der Waals surface area (Å²) in [6, 6.07) is 4.85. The molecular weight excluding hydrogens is 339 g/mol. The van der Waals surface area contributed by atoms with Gasteiger partial charge < -0.3 is 0 Å². The average molecular weight is 350 g/mol. The van der Waals surface area contributed by atoms with Crippen molar-refractivity contribution in [2.24, 2.45) is 0 Å². The predicted molar refractivity (Wildman–Crippen MR) is 76.5 cm³/mol. The number of hydrogen-bond acceptors (Lipinski definition) is 2. The highest BCUT2D eigenvalue weighted by atomic mass is 35.5. The molecule has 0 aliphatic heterocycles. The van der Waals surface area contributed by atoms with Gasteiger partial charge in [0, 0.05) is 22.7 Å². The summed E-state index contributed by atoms with van der Waals surface area (Å²) >= 11 is 5.56. The van der Waals surface area contributed by atoms with Crippen LogP contribution in [-0.4, -0.2) is 8.42 Å². The van der Waals surface area contributed by atoms with E-state index in [-0.39, 0.29) is 10.6 Å². The first kappa shape index (κ1) is 16.8. The van der Waals surface area contributed by atoms with Crippen LogP contribution in [-0.2, 0) is 10.0 Å². The van der Waals surface area contributed by atoms with Gasteiger partial charge in [0.25, 0.3) is 0 Å². The summed E-state index contributed by atoms with van der Waals surface area (Å²) < 4.78 is 66.6. The van der Waals surface area contributed by atoms with Crippen molar-refractivity contribution in [1.29, 1.82) is 0 Å². The maximum Gasteiger partial charge on any atom is 0.244 e. The van der Waals surface area contributed by atoms with Crippen molar-refractivity contribution in [3.8, 4) is 0 Å². The molecule has 2 aromatic rings. The fraction of sp³-hybridized carbons (Fsp3) is 0.143. The zero-order valence-electron chi connectivity index (χ0n) is 11.3. The molecule has 2 aromatic carbocycles. The maximum absolute atomic E-state index is 13.7. The second-order valence-electron chi connectivity index (χ2n) is 4.58. The topological polar surface area (TPSA) is 46.2 Å². The highest BCUT2D eigenvalue weighted by Gasteiger charge is 2.23. The smallest absolute Gasteiger partial charge is 0.207 e. The zero-order chi connectivity index (χ0) is 16.5. The normalized spacial score (nSPS) is 13.1. The summed E-state index contributed by atoms with van der Waals surface area (Å²) in [4.78, 5) is -0.605. The molecule has 0 unspecified atom stereocenters. The Labute approximate surface area is 130 Å². The minimum Gasteiger partial charge on any atom is -0.207 e. The molecule has 0 radical (unpaired) electrons. The van der Waals surface area contributed by atoms with E-state index < -0.39 is 38.4 Å². The van der Waals surface area contributed by atoms with Crippen molar-refractivity contribution in [3.05, 3.63) is 64.4 Å². The fourth-order valence-electron chi connectivity index (χ4n) is 1.91. The molecule has 0 heterocycles. The molecular formula is C14H11ClF3NO2S. The summed E-state index contributed by atoms with van der Waals surface area (Å²) in [5.74, 6) is -2.70. The highest BCUT2D eigenvalue weighted by molar-refractivity contribution is 7.89. The predicted octanol–water partition coefficient (Wildman–Crippen LogP) is 3.80. The van der Waals surface area contributed by atoms with Gasteiger partial charge in [-0.25, -0.2) is 26.3 Å². The largest absolute Gasteiger partial charge is 0.244 e. The zero-order valence-corrected chi connectivity index (χ0v) is 12.9. The Morgan fingerprint density at radius 2 is 1.73 bits per heavy atom. The molecule has 22 heavy (non-hydrogen) atoms. The molecule has 8 heteroatoms. The molecule has 0 fully saturated rings. The van der Waals surface area contributed by atoms with Gasteiger partial charge in [-0.05, 0) is 31.2 Å². The molecule has 0 bridgehead atoms. The Kier molecular flexibility index (Phi) is 4.79. The average Bonchev–Trinajstić information content (AvgIpc) is 2.37. The Morgan fingerprint density at radius 3 is 2.32 bits per heavy atom. The van der Waals surface area contributed by atoms with Gasteiger partial charge in [-0.2, -0.15) is 0 Å². The van der Waals surface area contributed by atoms with E-state index in [1.165, 1.54) is 13.0 Å². The number of benzene rings is 2. The Bertz CT molecular complexity index is 812. The summed E-state index contributed by atoms with van der Waals surface area (Å²) in [5, 5.41) is 0.0501. The highest BCUT2D eigenvalue weighted by Crippen LogP contribution is 2.23. The Hall–Kier alpha value is -1.57. The number of rotatable bonds is 4. The van der Waals surface area contributed by atoms with Crippen LogP contribution in [0.3, 0.4) is 0 Å². The number of hydrogen-bond donors (Lipinski definition) is 1. The molecule has 0 aliphatic carbocycles. The summed E-state index contributed by atoms with van der Waals surface area (Å²) in [5.41, 5.74) is -0.0562. The fourth-order valence-corrected chi connectivity index (χ4v) is 3.35. The second kappa shape index (κ2) is 6.28. The molecule has 0 aliphatic rings. The van der Waals surface area contributed by atoms with Crippen molar-refractivity contribution in [2.45, 2.75) is 17.9 Å². The second-order valence-corrected chi connectivity index (χ2v) is 6.70. The van der Waals surface area contributed by atoms with Gasteiger partial charge in [0.2, 0.25) is 10.0 Å². The third-order valence-electron chi connectivity index (χ3n) is 2.94. The number of halogens is 4. The minimum absolute atomic E-state index is 0.0501. The van der Waals surface area contributed by atoms with Crippen LogP contribution in [0.5, 0.6) is 0 Å². The molecule has 0 amide bonds. The van der Waals surface area contributed by atoms with Crippen LogP contribution in [0.15, 0.2) is 41.3 Å². The van der Waals surface area contributed by atoms with E-state index in [0.29, 0.717) is 6.07 Å². The minimum atomic E-state index is -4.23. The first-order valence-electron chi connectivity index (χ1n) is 6.13. The van der Waals surface area contributed by atoms with Crippen molar-refractivity contribution in [1.82, 2.24) is 4.72 Å². The van der Waals surface area contributed by atoms with E-state index in [2.05, 4.69) is 4.72 Å². The molecule has 2 rings (SSSR count). The monoisotopic (exact) mass is 349 g/mol. The molecule has 0 saturated carbocycles. The summed E-state index contributed by atoms with van der Waals surface area (Å²) in [6.45, 7) is 1.36. The SMILES string of the molecule is C[C@H](NS(=O)(=O)c1ccc(Cl)cc1F)c1ccc(F)cc1F. The third-order valence-corrected chi connectivity index (χ3v) is 4.75. The van der Waals surface area contributed by atoms with Crippen molar-refractivity contribution < 1.29 is 21.6 Å². The van der Waals surface area contributed by atoms with E-state index in [1.807, 2.05) is 0 Å². The van der Waals surface area contributed by atoms with Gasteiger partial charge in [-0.3, -0.25) is 0 Å². The van der Waals surface area contributed by atoms with E-state index in [9.17, 15) is 21.6 Å². The Balaban J connectivity index is 2.31. The van der Waals surface area contributed by atoms with Crippen LogP contribution in [0.4, 0.5) is 13.2 Å². The number of sulfonamides is 1. The van der Waals surface area contributed by atoms with E-state index in [4.69, 9.17) is 11.6 Å². The van der Waals surface area contributed by atoms with Crippen LogP contribution >= 0.6 is 11.6 Å². The third kappa shape index (κ3) is 3.60. The van der Waals surface area contributed by atoms with Crippen LogP contribution in [0, 0.1) is 17.5 Å². The van der Waals surface area contributed by atoms with Crippen LogP contribution < -0.4 is 4.72 Å². The van der Waals surface area contributed by atoms with Gasteiger partial charge in [0.1, 0.15) is 22.3 Å². The standard InChI is InChI=1S/C14H11ClF3NO2S/c1-8(11-4-3-10(16)7-12(11)17)19-22(20,21)14-5-2-9(15)6-13(14)18/h2-8,19H,1H3/t8-/m0/s1. The van der Waals surface area contributed by atoms with Gasteiger partial charge in [0.15, 0.2) is 0 Å². The van der Waals surface area contributed by atoms with Gasteiger partial charge in [0.05, 0.1) is 0 Å². The van der Waals surface area contributed by atoms with Crippen molar-refractivity contribution in [2.75, 3.05) is 0 Å². The lowest BCUT2D eigenvalue weighted by Gasteiger charge is -2.16. The van der Waals surface area contributed by atoms with Crippen LogP contribution in [0.2, 0.25) is 5.02 Å². The van der Waals surface area contributed by atoms with Gasteiger partial charge in [-0.1, -0.05) is 17.7 Å². The lowest BCUT2D eigenvalue weighted by atomic mass is 10.1. The van der Waals surface area contributed by atoms with Gasteiger partial charge in [-0.15, -0.1) is 0 Å². The lowest BCUT2D eigenvalue weighted by Crippen LogP contribution is -2.28. The molecule has 0 spiro atoms. The van der Waals surface area contributed by atoms with Crippen LogP contribution in [0.25, 0.3) is 0 Å². The first-order chi connectivity index (χ1) is 10.2. The summed E-state index contributed by atoms with van der Waals surface area (Å²) in [7, 11) is -4.23. The molecule has 3 nitrogen and oxygen atoms in total. The molecule has 1 atom stereocenters. The molecule has 1 N–H and O–H groups in total. The molecule has 118 valence electrons. The van der Waals surface area contributed by atoms with E-state index in [0.717, 1.165) is 24.3 Å². The van der Waals surface area contributed by atoms with E-state index >= 15 is 0 Å².